The first-order chi connectivity index (χ1) is 70.1. The second-order valence-electron chi connectivity index (χ2n) is 36.2. The number of unbranched alkanes of at least 4 members (excludes halogenated alkanes) is 5. The second-order valence-corrected chi connectivity index (χ2v) is 36.2. The molecule has 45 heteroatoms. The molecule has 0 aromatic heterocycles. The number of aliphatic hydroxyl groups excluding tert-OH is 1. The molecule has 4 heterocycles. The number of likely N-dealkylation sites (tertiary alicyclic amines) is 1. The number of hydrogen-bond acceptors (Lipinski definition) is 37. The van der Waals surface area contributed by atoms with E-state index in [1.807, 2.05) is 54.6 Å². The Balaban J connectivity index is 1.08. The number of ether oxygens (including phenoxy) is 18. The molecular formula is C102H147N9O36. The smallest absolute Gasteiger partial charge is 0.303 e. The number of hydrogen-bond donors (Lipinski definition) is 8. The number of piperidine rings is 1. The molecule has 17 atom stereocenters. The molecular weight excluding hydrogens is 1930 g/mol. The third-order valence-corrected chi connectivity index (χ3v) is 24.4. The highest BCUT2D eigenvalue weighted by atomic mass is 16.7. The van der Waals surface area contributed by atoms with Gasteiger partial charge in [-0.05, 0) is 124 Å². The van der Waals surface area contributed by atoms with E-state index in [0.717, 1.165) is 41.5 Å². The van der Waals surface area contributed by atoms with Gasteiger partial charge in [0.2, 0.25) is 47.3 Å². The lowest BCUT2D eigenvalue weighted by atomic mass is 9.80. The molecule has 4 aliphatic rings. The highest BCUT2D eigenvalue weighted by Crippen LogP contribution is 2.43. The maximum atomic E-state index is 14.9. The van der Waals surface area contributed by atoms with Crippen LogP contribution in [0.15, 0.2) is 91.1 Å². The Hall–Kier alpha value is -12.5. The predicted molar refractivity (Wildman–Crippen MR) is 519 cm³/mol. The van der Waals surface area contributed by atoms with Crippen LogP contribution in [0.1, 0.15) is 209 Å². The molecule has 4 saturated heterocycles. The molecule has 4 aliphatic heterocycles. The maximum absolute atomic E-state index is 14.9. The minimum atomic E-state index is -1.41. The number of carbonyl (C=O) groups excluding carboxylic acids is 17. The van der Waals surface area contributed by atoms with Gasteiger partial charge >= 0.3 is 53.7 Å². The number of benzene rings is 3. The molecule has 147 heavy (non-hydrogen) atoms. The van der Waals surface area contributed by atoms with Crippen molar-refractivity contribution in [1.82, 2.24) is 47.0 Å². The zero-order valence-electron chi connectivity index (χ0n) is 86.4. The zero-order chi connectivity index (χ0) is 108. The van der Waals surface area contributed by atoms with E-state index < -0.39 is 218 Å². The van der Waals surface area contributed by atoms with E-state index in [9.17, 15) is 86.6 Å². The average Bonchev–Trinajstić information content (AvgIpc) is 0.751. The van der Waals surface area contributed by atoms with E-state index in [4.69, 9.17) is 85.3 Å². The normalized spacial score (nSPS) is 21.6. The number of amides is 8. The number of methoxy groups -OCH3 is 2. The number of rotatable bonds is 61. The summed E-state index contributed by atoms with van der Waals surface area (Å²) in [7, 11) is 3.11. The minimum absolute atomic E-state index is 0.00570. The highest BCUT2D eigenvalue weighted by Gasteiger charge is 2.55. The number of carbonyl (C=O) groups is 17. The zero-order valence-corrected chi connectivity index (χ0v) is 86.4. The van der Waals surface area contributed by atoms with Crippen molar-refractivity contribution >= 4 is 101 Å². The lowest BCUT2D eigenvalue weighted by Gasteiger charge is -2.44. The largest absolute Gasteiger partial charge is 0.497 e. The van der Waals surface area contributed by atoms with Crippen LogP contribution >= 0.6 is 0 Å². The van der Waals surface area contributed by atoms with Crippen LogP contribution in [0.2, 0.25) is 0 Å². The Morgan fingerprint density at radius 3 is 1.27 bits per heavy atom. The average molecular weight is 2080 g/mol. The van der Waals surface area contributed by atoms with Gasteiger partial charge in [0.05, 0.1) is 20.8 Å². The predicted octanol–water partition coefficient (Wildman–Crippen LogP) is 4.38. The van der Waals surface area contributed by atoms with Gasteiger partial charge in [-0.15, -0.1) is 0 Å². The lowest BCUT2D eigenvalue weighted by molar-refractivity contribution is -0.288. The SMILES string of the molecule is C=C(CCCCOC1OC(COC(C)=O)C(OC(C)=O)C(OC(C)=O)C1C)NCCN(CCNC(=O)CCCCOC1OC(COC(C)=O)C(OC(C)=O)C(OC(C)=O)C1NC(C)=O)C(=O)CC[C@H](NC(=O)CCCCOC1OC(COC(C)=O)C(OC(C)=O)C(OC(C)=O)C1NC(C)=O)C(=O)NCCCCCC(=O)N[C@@H](COC(c1ccccc1)(c1ccc(OC)cc1)c1ccc(OC)cc1)C(=O)N1CCC(CO)CC1. The van der Waals surface area contributed by atoms with E-state index in [0.29, 0.717) is 91.9 Å². The first kappa shape index (κ1) is 121. The topological polar surface area (TPSA) is 567 Å². The molecule has 0 saturated carbocycles. The molecule has 0 bridgehead atoms. The van der Waals surface area contributed by atoms with Crippen molar-refractivity contribution < 1.29 is 172 Å². The number of nitrogens with zero attached hydrogens (tertiary/aromatic N) is 2. The van der Waals surface area contributed by atoms with Crippen LogP contribution in [-0.2, 0) is 163 Å². The van der Waals surface area contributed by atoms with Crippen LogP contribution in [0.25, 0.3) is 0 Å². The lowest BCUT2D eigenvalue weighted by Crippen LogP contribution is -2.66. The molecule has 0 spiro atoms. The van der Waals surface area contributed by atoms with E-state index in [1.165, 1.54) is 39.5 Å². The summed E-state index contributed by atoms with van der Waals surface area (Å²) >= 11 is 0. The summed E-state index contributed by atoms with van der Waals surface area (Å²) in [6.45, 7) is 17.4. The Labute approximate surface area is 855 Å². The molecule has 3 aromatic rings. The minimum Gasteiger partial charge on any atom is -0.497 e. The van der Waals surface area contributed by atoms with Crippen LogP contribution in [-0.4, -0.2) is 327 Å². The molecule has 0 radical (unpaired) electrons. The summed E-state index contributed by atoms with van der Waals surface area (Å²) in [6.07, 6.45) is -12.0. The maximum Gasteiger partial charge on any atom is 0.303 e. The van der Waals surface area contributed by atoms with Crippen molar-refractivity contribution in [1.29, 1.82) is 0 Å². The molecule has 8 amide bonds. The third kappa shape index (κ3) is 41.3. The highest BCUT2D eigenvalue weighted by molar-refractivity contribution is 5.89. The summed E-state index contributed by atoms with van der Waals surface area (Å²) in [5.41, 5.74) is 1.28. The van der Waals surface area contributed by atoms with E-state index in [2.05, 4.69) is 43.8 Å². The van der Waals surface area contributed by atoms with Crippen LogP contribution in [0.3, 0.4) is 0 Å². The van der Waals surface area contributed by atoms with Gasteiger partial charge in [0.25, 0.3) is 0 Å². The van der Waals surface area contributed by atoms with Crippen LogP contribution < -0.4 is 46.7 Å². The monoisotopic (exact) mass is 2070 g/mol. The molecule has 15 unspecified atom stereocenters. The Morgan fingerprint density at radius 2 is 0.830 bits per heavy atom. The molecule has 8 N–H and O–H groups in total. The van der Waals surface area contributed by atoms with E-state index in [-0.39, 0.29) is 148 Å². The Bertz CT molecular complexity index is 4750. The van der Waals surface area contributed by atoms with Gasteiger partial charge in [-0.25, -0.2) is 0 Å². The molecule has 816 valence electrons. The fourth-order valence-corrected chi connectivity index (χ4v) is 17.3. The van der Waals surface area contributed by atoms with Crippen molar-refractivity contribution in [3.05, 3.63) is 108 Å². The van der Waals surface area contributed by atoms with Crippen molar-refractivity contribution in [2.45, 2.75) is 296 Å². The first-order valence-electron chi connectivity index (χ1n) is 49.6. The summed E-state index contributed by atoms with van der Waals surface area (Å²) in [5.74, 6) is -10.4. The Morgan fingerprint density at radius 1 is 0.435 bits per heavy atom. The van der Waals surface area contributed by atoms with Crippen molar-refractivity contribution in [2.24, 2.45) is 11.8 Å². The fraction of sp³-hybridized carbons (Fsp3) is 0.637. The number of nitrogens with one attached hydrogen (secondary N) is 7. The fourth-order valence-electron chi connectivity index (χ4n) is 17.3. The van der Waals surface area contributed by atoms with E-state index in [1.54, 1.807) is 50.3 Å². The molecule has 3 aromatic carbocycles. The standard InChI is InChI=1S/C102H147N9O36/c1-61(28-21-25-53-132-99-62(2)91(139-68(8)118)92(140-69(9)119)82(145-99)58-135-65(5)115)103-47-51-110(52-48-104-85(124)31-22-26-54-133-100-89(106-63(3)113)95(143-72(12)122)93(141-70(10)120)83(146-100)59-136-66(6)116)88(127)43-42-80(108-86(125)33-23-27-55-134-101-90(107-64(4)114)96(144-73(13)123)94(142-71(11)121)84(147-101)60-137-67(7)117)97(128)105-46-24-17-20-32-87(126)109-81(98(129)111-49-44-74(56-112)45-50-111)57-138-102(75-29-18-16-19-30-75,76-34-38-78(130-14)39-35-76)77-36-40-79(131-15)41-37-77/h16,18-19,29-30,34-41,62,74,80-84,89-96,99-101,103,112H,1,17,20-28,31-33,42-60H2,2-15H3,(H,104,124)(H,105,128)(H,106,113)(H,107,114)(H,108,125)(H,109,126)/t62?,80-,81-,82?,83?,84?,89?,90?,91?,92?,93?,94?,95?,96?,99?,100?,101?/m0/s1. The molecule has 4 fully saturated rings. The van der Waals surface area contributed by atoms with Gasteiger partial charge in [-0.1, -0.05) is 74.5 Å². The van der Waals surface area contributed by atoms with Gasteiger partial charge in [0.15, 0.2) is 49.4 Å². The first-order valence-corrected chi connectivity index (χ1v) is 49.6. The second kappa shape index (κ2) is 63.2. The number of esters is 9. The molecule has 45 nitrogen and oxygen atoms in total. The van der Waals surface area contributed by atoms with Gasteiger partial charge in [0, 0.05) is 186 Å². The van der Waals surface area contributed by atoms with Crippen molar-refractivity contribution in [2.75, 3.05) is 113 Å². The van der Waals surface area contributed by atoms with Crippen LogP contribution in [0.4, 0.5) is 0 Å². The van der Waals surface area contributed by atoms with Crippen molar-refractivity contribution in [3.8, 4) is 11.5 Å². The summed E-state index contributed by atoms with van der Waals surface area (Å²) in [6, 6.07) is 19.1. The quantitative estimate of drug-likeness (QED) is 0.0168. The van der Waals surface area contributed by atoms with Gasteiger partial charge in [0.1, 0.15) is 85.5 Å². The summed E-state index contributed by atoms with van der Waals surface area (Å²) in [4.78, 5) is 225. The van der Waals surface area contributed by atoms with Crippen LogP contribution in [0.5, 0.6) is 11.5 Å². The van der Waals surface area contributed by atoms with Crippen molar-refractivity contribution in [3.63, 3.8) is 0 Å². The molecule has 0 aliphatic carbocycles. The third-order valence-electron chi connectivity index (χ3n) is 24.4. The van der Waals surface area contributed by atoms with Gasteiger partial charge in [-0.3, -0.25) is 81.5 Å². The Kier molecular flexibility index (Phi) is 52.2. The molecule has 7 rings (SSSR count). The summed E-state index contributed by atoms with van der Waals surface area (Å²) < 4.78 is 104. The van der Waals surface area contributed by atoms with Gasteiger partial charge in [-0.2, -0.15) is 0 Å². The number of aliphatic hydroxyl groups is 1. The number of allylic oxidation sites excluding steroid dienone is 1. The summed E-state index contributed by atoms with van der Waals surface area (Å²) in [5, 5.41) is 30.1. The van der Waals surface area contributed by atoms with E-state index >= 15 is 0 Å². The van der Waals surface area contributed by atoms with Crippen LogP contribution in [0, 0.1) is 11.8 Å². The van der Waals surface area contributed by atoms with Gasteiger partial charge < -0.3 is 137 Å².